The molecule has 0 aliphatic carbocycles. The topological polar surface area (TPSA) is 102 Å². The number of carbonyl (C=O) groups is 2. The molecule has 0 saturated carbocycles. The standard InChI is InChI=1S/C20H25N5O3/c1-24(2)13-17(26)25-11-7-14(8-12-25)18-20(23-10-9-22-18)28-16-5-3-15(4-6-16)19(21)27/h3-6,9-10,14H,7-8,11-13H2,1-2H3,(H2,21,27). The van der Waals surface area contributed by atoms with Crippen molar-refractivity contribution < 1.29 is 14.3 Å². The number of primary amides is 1. The third-order valence-corrected chi connectivity index (χ3v) is 4.73. The summed E-state index contributed by atoms with van der Waals surface area (Å²) in [4.78, 5) is 36.0. The van der Waals surface area contributed by atoms with Crippen molar-refractivity contribution in [2.24, 2.45) is 5.73 Å². The summed E-state index contributed by atoms with van der Waals surface area (Å²) < 4.78 is 5.91. The van der Waals surface area contributed by atoms with Crippen molar-refractivity contribution >= 4 is 11.8 Å². The molecule has 1 aliphatic heterocycles. The Morgan fingerprint density at radius 3 is 2.39 bits per heavy atom. The predicted octanol–water partition coefficient (Wildman–Crippen LogP) is 1.64. The van der Waals surface area contributed by atoms with Gasteiger partial charge in [0.05, 0.1) is 6.54 Å². The van der Waals surface area contributed by atoms with E-state index < -0.39 is 5.91 Å². The summed E-state index contributed by atoms with van der Waals surface area (Å²) in [6.45, 7) is 1.81. The fraction of sp³-hybridized carbons (Fsp3) is 0.400. The maximum atomic E-state index is 12.2. The highest BCUT2D eigenvalue weighted by molar-refractivity contribution is 5.92. The van der Waals surface area contributed by atoms with E-state index in [1.165, 1.54) is 0 Å². The Hall–Kier alpha value is -3.00. The minimum Gasteiger partial charge on any atom is -0.437 e. The second kappa shape index (κ2) is 8.79. The van der Waals surface area contributed by atoms with Gasteiger partial charge in [0, 0.05) is 37.0 Å². The lowest BCUT2D eigenvalue weighted by molar-refractivity contribution is -0.132. The molecule has 0 atom stereocenters. The molecule has 2 heterocycles. The van der Waals surface area contributed by atoms with Crippen LogP contribution in [-0.2, 0) is 4.79 Å². The number of amides is 2. The van der Waals surface area contributed by atoms with Crippen LogP contribution in [0.4, 0.5) is 0 Å². The second-order valence-electron chi connectivity index (χ2n) is 7.13. The zero-order valence-corrected chi connectivity index (χ0v) is 16.2. The molecule has 8 heteroatoms. The highest BCUT2D eigenvalue weighted by atomic mass is 16.5. The number of aromatic nitrogens is 2. The van der Waals surface area contributed by atoms with Gasteiger partial charge in [-0.3, -0.25) is 14.6 Å². The minimum atomic E-state index is -0.484. The van der Waals surface area contributed by atoms with Crippen molar-refractivity contribution in [3.05, 3.63) is 47.9 Å². The summed E-state index contributed by atoms with van der Waals surface area (Å²) >= 11 is 0. The fourth-order valence-corrected chi connectivity index (χ4v) is 3.27. The molecule has 1 saturated heterocycles. The van der Waals surface area contributed by atoms with Crippen molar-refractivity contribution in [1.29, 1.82) is 0 Å². The number of piperidine rings is 1. The van der Waals surface area contributed by atoms with Crippen LogP contribution in [0.25, 0.3) is 0 Å². The molecule has 2 N–H and O–H groups in total. The number of likely N-dealkylation sites (tertiary alicyclic amines) is 1. The average molecular weight is 383 g/mol. The molecule has 0 spiro atoms. The summed E-state index contributed by atoms with van der Waals surface area (Å²) in [6.07, 6.45) is 4.87. The van der Waals surface area contributed by atoms with Crippen molar-refractivity contribution in [3.8, 4) is 11.6 Å². The number of rotatable bonds is 6. The lowest BCUT2D eigenvalue weighted by atomic mass is 9.93. The number of nitrogens with two attached hydrogens (primary N) is 1. The minimum absolute atomic E-state index is 0.147. The van der Waals surface area contributed by atoms with E-state index >= 15 is 0 Å². The molecule has 1 fully saturated rings. The summed E-state index contributed by atoms with van der Waals surface area (Å²) in [6, 6.07) is 6.59. The van der Waals surface area contributed by atoms with Crippen LogP contribution in [0.1, 0.15) is 34.8 Å². The average Bonchev–Trinajstić information content (AvgIpc) is 2.68. The molecule has 1 aromatic carbocycles. The van der Waals surface area contributed by atoms with Crippen LogP contribution in [0, 0.1) is 0 Å². The van der Waals surface area contributed by atoms with Gasteiger partial charge in [0.25, 0.3) is 0 Å². The normalized spacial score (nSPS) is 14.9. The number of benzene rings is 1. The molecule has 0 bridgehead atoms. The van der Waals surface area contributed by atoms with E-state index in [1.54, 1.807) is 36.7 Å². The fourth-order valence-electron chi connectivity index (χ4n) is 3.27. The Balaban J connectivity index is 1.67. The largest absolute Gasteiger partial charge is 0.437 e. The Morgan fingerprint density at radius 2 is 1.79 bits per heavy atom. The van der Waals surface area contributed by atoms with Crippen LogP contribution in [0.3, 0.4) is 0 Å². The molecule has 2 aromatic rings. The summed E-state index contributed by atoms with van der Waals surface area (Å²) in [5.41, 5.74) is 6.48. The number of likely N-dealkylation sites (N-methyl/N-ethyl adjacent to an activating group) is 1. The third-order valence-electron chi connectivity index (χ3n) is 4.73. The summed E-state index contributed by atoms with van der Waals surface area (Å²) in [5, 5.41) is 0. The van der Waals surface area contributed by atoms with E-state index in [2.05, 4.69) is 9.97 Å². The molecule has 8 nitrogen and oxygen atoms in total. The van der Waals surface area contributed by atoms with Gasteiger partial charge >= 0.3 is 0 Å². The van der Waals surface area contributed by atoms with Crippen LogP contribution in [-0.4, -0.2) is 65.3 Å². The number of nitrogens with zero attached hydrogens (tertiary/aromatic N) is 4. The molecule has 2 amide bonds. The molecule has 0 unspecified atom stereocenters. The number of ether oxygens (including phenoxy) is 1. The molecule has 148 valence electrons. The van der Waals surface area contributed by atoms with Crippen molar-refractivity contribution in [1.82, 2.24) is 19.8 Å². The number of carbonyl (C=O) groups excluding carboxylic acids is 2. The Morgan fingerprint density at radius 1 is 1.14 bits per heavy atom. The molecule has 1 aliphatic rings. The number of hydrogen-bond acceptors (Lipinski definition) is 6. The molecular formula is C20H25N5O3. The van der Waals surface area contributed by atoms with E-state index in [9.17, 15) is 9.59 Å². The van der Waals surface area contributed by atoms with Crippen LogP contribution in [0.2, 0.25) is 0 Å². The summed E-state index contributed by atoms with van der Waals surface area (Å²) in [7, 11) is 3.79. The van der Waals surface area contributed by atoms with E-state index in [-0.39, 0.29) is 11.8 Å². The maximum Gasteiger partial charge on any atom is 0.248 e. The third kappa shape index (κ3) is 4.83. The van der Waals surface area contributed by atoms with Crippen LogP contribution in [0.15, 0.2) is 36.7 Å². The maximum absolute atomic E-state index is 12.2. The first-order valence-corrected chi connectivity index (χ1v) is 9.25. The van der Waals surface area contributed by atoms with Crippen molar-refractivity contribution in [3.63, 3.8) is 0 Å². The van der Waals surface area contributed by atoms with Gasteiger partial charge in [0.1, 0.15) is 11.4 Å². The smallest absolute Gasteiger partial charge is 0.248 e. The van der Waals surface area contributed by atoms with Crippen molar-refractivity contribution in [2.75, 3.05) is 33.7 Å². The zero-order chi connectivity index (χ0) is 20.1. The molecule has 0 radical (unpaired) electrons. The van der Waals surface area contributed by atoms with Crippen LogP contribution >= 0.6 is 0 Å². The van der Waals surface area contributed by atoms with Gasteiger partial charge in [-0.05, 0) is 51.2 Å². The van der Waals surface area contributed by atoms with Gasteiger partial charge in [-0.15, -0.1) is 0 Å². The van der Waals surface area contributed by atoms with Gasteiger partial charge in [0.15, 0.2) is 0 Å². The Labute approximate surface area is 164 Å². The van der Waals surface area contributed by atoms with Gasteiger partial charge in [-0.1, -0.05) is 0 Å². The highest BCUT2D eigenvalue weighted by Crippen LogP contribution is 2.33. The molecular weight excluding hydrogens is 358 g/mol. The Bertz CT molecular complexity index is 830. The first kappa shape index (κ1) is 19.8. The van der Waals surface area contributed by atoms with Gasteiger partial charge < -0.3 is 20.3 Å². The van der Waals surface area contributed by atoms with Crippen LogP contribution in [0.5, 0.6) is 11.6 Å². The highest BCUT2D eigenvalue weighted by Gasteiger charge is 2.27. The summed E-state index contributed by atoms with van der Waals surface area (Å²) in [5.74, 6) is 0.852. The van der Waals surface area contributed by atoms with E-state index in [4.69, 9.17) is 10.5 Å². The molecule has 1 aromatic heterocycles. The molecule has 3 rings (SSSR count). The van der Waals surface area contributed by atoms with Crippen LogP contribution < -0.4 is 10.5 Å². The second-order valence-corrected chi connectivity index (χ2v) is 7.13. The predicted molar refractivity (Wildman–Crippen MR) is 104 cm³/mol. The van der Waals surface area contributed by atoms with Gasteiger partial charge in [0.2, 0.25) is 17.7 Å². The Kier molecular flexibility index (Phi) is 6.20. The first-order valence-electron chi connectivity index (χ1n) is 9.25. The quantitative estimate of drug-likeness (QED) is 0.814. The SMILES string of the molecule is CN(C)CC(=O)N1CCC(c2nccnc2Oc2ccc(C(N)=O)cc2)CC1. The monoisotopic (exact) mass is 383 g/mol. The van der Waals surface area contributed by atoms with E-state index in [0.717, 1.165) is 18.5 Å². The zero-order valence-electron chi connectivity index (χ0n) is 16.2. The van der Waals surface area contributed by atoms with Gasteiger partial charge in [-0.25, -0.2) is 4.98 Å². The lowest BCUT2D eigenvalue weighted by Crippen LogP contribution is -2.42. The molecule has 28 heavy (non-hydrogen) atoms. The van der Waals surface area contributed by atoms with Crippen molar-refractivity contribution in [2.45, 2.75) is 18.8 Å². The first-order chi connectivity index (χ1) is 13.4. The van der Waals surface area contributed by atoms with E-state index in [1.807, 2.05) is 23.9 Å². The lowest BCUT2D eigenvalue weighted by Gasteiger charge is -2.32. The number of hydrogen-bond donors (Lipinski definition) is 1. The van der Waals surface area contributed by atoms with E-state index in [0.29, 0.717) is 36.8 Å². The van der Waals surface area contributed by atoms with Gasteiger partial charge in [-0.2, -0.15) is 0 Å².